The van der Waals surface area contributed by atoms with Gasteiger partial charge in [0.25, 0.3) is 0 Å². The van der Waals surface area contributed by atoms with Crippen molar-refractivity contribution in [3.8, 4) is 11.5 Å². The topological polar surface area (TPSA) is 43.8 Å². The molecule has 5 nitrogen and oxygen atoms in total. The number of rotatable bonds is 9. The van der Waals surface area contributed by atoms with Crippen molar-refractivity contribution in [3.63, 3.8) is 0 Å². The third-order valence-electron chi connectivity index (χ3n) is 6.06. The van der Waals surface area contributed by atoms with Gasteiger partial charge in [0.1, 0.15) is 5.75 Å². The number of nitrogens with zero attached hydrogens (tertiary/aromatic N) is 2. The summed E-state index contributed by atoms with van der Waals surface area (Å²) in [6, 6.07) is 19.5. The Morgan fingerprint density at radius 3 is 2.43 bits per heavy atom. The van der Waals surface area contributed by atoms with Gasteiger partial charge in [-0.1, -0.05) is 52.3 Å². The van der Waals surface area contributed by atoms with Gasteiger partial charge in [-0.15, -0.1) is 13.2 Å². The highest BCUT2D eigenvalue weighted by molar-refractivity contribution is 9.10. The second-order valence-electron chi connectivity index (χ2n) is 8.86. The van der Waals surface area contributed by atoms with Crippen molar-refractivity contribution in [1.29, 1.82) is 0 Å². The molecule has 0 atom stereocenters. The number of ether oxygens (including phenoxy) is 2. The zero-order valence-corrected chi connectivity index (χ0v) is 21.6. The summed E-state index contributed by atoms with van der Waals surface area (Å²) >= 11 is 3.54. The van der Waals surface area contributed by atoms with Gasteiger partial charge in [0.15, 0.2) is 11.6 Å². The molecule has 0 bridgehead atoms. The summed E-state index contributed by atoms with van der Waals surface area (Å²) in [4.78, 5) is 11.2. The largest absolute Gasteiger partial charge is 0.573 e. The van der Waals surface area contributed by atoms with Crippen molar-refractivity contribution < 1.29 is 27.5 Å². The predicted molar refractivity (Wildman–Crippen MR) is 139 cm³/mol. The fraction of sp³-hybridized carbons (Fsp3) is 0.250. The van der Waals surface area contributed by atoms with Gasteiger partial charge < -0.3 is 14.3 Å². The highest BCUT2D eigenvalue weighted by Crippen LogP contribution is 2.47. The highest BCUT2D eigenvalue weighted by atomic mass is 79.9. The lowest BCUT2D eigenvalue weighted by atomic mass is 10.0. The average Bonchev–Trinajstić information content (AvgIpc) is 3.71. The number of alkyl halides is 3. The summed E-state index contributed by atoms with van der Waals surface area (Å²) in [6.45, 7) is 0.660. The molecular weight excluding hydrogens is 549 g/mol. The molecule has 0 amide bonds. The van der Waals surface area contributed by atoms with Crippen LogP contribution < -0.4 is 14.6 Å². The zero-order valence-electron chi connectivity index (χ0n) is 20.0. The fourth-order valence-electron chi connectivity index (χ4n) is 4.26. The predicted octanol–water partition coefficient (Wildman–Crippen LogP) is 7.92. The van der Waals surface area contributed by atoms with Crippen LogP contribution >= 0.6 is 15.9 Å². The molecule has 5 rings (SSSR count). The molecule has 37 heavy (non-hydrogen) atoms. The van der Waals surface area contributed by atoms with E-state index < -0.39 is 6.36 Å². The Balaban J connectivity index is 1.53. The zero-order chi connectivity index (χ0) is 26.0. The second-order valence-corrected chi connectivity index (χ2v) is 9.72. The minimum Gasteiger partial charge on any atom is -0.406 e. The lowest BCUT2D eigenvalue weighted by Crippen LogP contribution is -2.29. The molecule has 1 aromatic heterocycles. The summed E-state index contributed by atoms with van der Waals surface area (Å²) in [5, 5.41) is 3.88. The summed E-state index contributed by atoms with van der Waals surface area (Å²) in [6.07, 6.45) is -0.788. The molecule has 9 heteroatoms. The molecule has 0 radical (unpaired) electrons. The minimum atomic E-state index is -4.74. The molecule has 3 aromatic carbocycles. The van der Waals surface area contributed by atoms with Crippen LogP contribution in [0.4, 0.5) is 19.0 Å². The molecular formula is C28H24BrF3N2O3. The molecule has 1 aliphatic rings. The van der Waals surface area contributed by atoms with E-state index in [-0.39, 0.29) is 12.3 Å². The Morgan fingerprint density at radius 1 is 1.00 bits per heavy atom. The van der Waals surface area contributed by atoms with Gasteiger partial charge in [-0.05, 0) is 65.6 Å². The van der Waals surface area contributed by atoms with Crippen molar-refractivity contribution >= 4 is 32.5 Å². The quantitative estimate of drug-likeness (QED) is 0.190. The lowest BCUT2D eigenvalue weighted by Gasteiger charge is -2.27. The molecule has 1 aliphatic carbocycles. The number of hydrogen-bond acceptors (Lipinski definition) is 5. The number of halogens is 4. The maximum absolute atomic E-state index is 12.6. The van der Waals surface area contributed by atoms with E-state index >= 15 is 0 Å². The van der Waals surface area contributed by atoms with Crippen LogP contribution in [0.2, 0.25) is 0 Å². The van der Waals surface area contributed by atoms with E-state index in [0.29, 0.717) is 24.1 Å². The molecule has 0 aliphatic heterocycles. The maximum atomic E-state index is 12.6. The van der Waals surface area contributed by atoms with Crippen LogP contribution in [-0.4, -0.2) is 18.5 Å². The van der Waals surface area contributed by atoms with Crippen LogP contribution in [0.3, 0.4) is 0 Å². The number of pyridine rings is 1. The van der Waals surface area contributed by atoms with Gasteiger partial charge in [0.2, 0.25) is 0 Å². The Kier molecular flexibility index (Phi) is 7.26. The molecule has 1 fully saturated rings. The van der Waals surface area contributed by atoms with E-state index in [9.17, 15) is 13.2 Å². The van der Waals surface area contributed by atoms with E-state index in [4.69, 9.17) is 14.6 Å². The van der Waals surface area contributed by atoms with Gasteiger partial charge in [0, 0.05) is 28.7 Å². The first kappa shape index (κ1) is 25.4. The Labute approximate surface area is 220 Å². The molecule has 1 saturated carbocycles. The van der Waals surface area contributed by atoms with Gasteiger partial charge in [-0.2, -0.15) is 5.06 Å². The molecule has 0 saturated heterocycles. The molecule has 192 valence electrons. The number of methoxy groups -OCH3 is 1. The molecule has 0 unspecified atom stereocenters. The highest BCUT2D eigenvalue weighted by Gasteiger charge is 2.32. The third-order valence-corrected chi connectivity index (χ3v) is 6.83. The average molecular weight is 573 g/mol. The SMILES string of the molecule is COCc1cc(ON(Cc2ccc(OC(F)(F)F)cc2)c2ncc3ccccc3c2C2CC2)ccc1Br. The summed E-state index contributed by atoms with van der Waals surface area (Å²) in [7, 11) is 1.62. The maximum Gasteiger partial charge on any atom is 0.573 e. The van der Waals surface area contributed by atoms with Crippen LogP contribution in [0, 0.1) is 0 Å². The van der Waals surface area contributed by atoms with Crippen molar-refractivity contribution in [3.05, 3.63) is 94.1 Å². The normalized spacial score (nSPS) is 13.5. The van der Waals surface area contributed by atoms with Crippen molar-refractivity contribution in [2.45, 2.75) is 38.3 Å². The molecule has 0 spiro atoms. The van der Waals surface area contributed by atoms with Crippen LogP contribution in [-0.2, 0) is 17.9 Å². The smallest absolute Gasteiger partial charge is 0.406 e. The van der Waals surface area contributed by atoms with Crippen molar-refractivity contribution in [1.82, 2.24) is 4.98 Å². The van der Waals surface area contributed by atoms with Crippen LogP contribution in [0.25, 0.3) is 10.8 Å². The van der Waals surface area contributed by atoms with Crippen LogP contribution in [0.15, 0.2) is 77.4 Å². The lowest BCUT2D eigenvalue weighted by molar-refractivity contribution is -0.274. The number of aromatic nitrogens is 1. The van der Waals surface area contributed by atoms with Crippen LogP contribution in [0.5, 0.6) is 11.5 Å². The first-order chi connectivity index (χ1) is 17.8. The number of hydroxylamine groups is 1. The van der Waals surface area contributed by atoms with Crippen molar-refractivity contribution in [2.75, 3.05) is 12.2 Å². The van der Waals surface area contributed by atoms with Gasteiger partial charge in [-0.25, -0.2) is 4.98 Å². The minimum absolute atomic E-state index is 0.257. The van der Waals surface area contributed by atoms with Gasteiger partial charge >= 0.3 is 6.36 Å². The number of anilines is 1. The summed E-state index contributed by atoms with van der Waals surface area (Å²) in [5.74, 6) is 1.37. The van der Waals surface area contributed by atoms with E-state index in [1.54, 1.807) is 24.3 Å². The fourth-order valence-corrected chi connectivity index (χ4v) is 4.62. The third kappa shape index (κ3) is 6.17. The standard InChI is InChI=1S/C28H24BrF3N2O3/c1-35-17-21-14-23(12-13-25(21)29)37-34(16-18-6-10-22(11-7-18)36-28(30,31)32)27-26(19-8-9-19)24-5-3-2-4-20(24)15-33-27/h2-7,10-15,19H,8-9,16-17H2,1H3. The first-order valence-corrected chi connectivity index (χ1v) is 12.6. The van der Waals surface area contributed by atoms with Gasteiger partial charge in [0.05, 0.1) is 13.2 Å². The number of fused-ring (bicyclic) bond motifs is 1. The Morgan fingerprint density at radius 2 is 1.73 bits per heavy atom. The molecule has 4 aromatic rings. The summed E-state index contributed by atoms with van der Waals surface area (Å²) in [5.41, 5.74) is 2.77. The Bertz CT molecular complexity index is 1390. The van der Waals surface area contributed by atoms with E-state index in [0.717, 1.165) is 44.8 Å². The monoisotopic (exact) mass is 572 g/mol. The second kappa shape index (κ2) is 10.6. The van der Waals surface area contributed by atoms with Crippen molar-refractivity contribution in [2.24, 2.45) is 0 Å². The molecule has 1 heterocycles. The summed E-state index contributed by atoms with van der Waals surface area (Å²) < 4.78 is 48.1. The number of benzene rings is 3. The molecule has 0 N–H and O–H groups in total. The van der Waals surface area contributed by atoms with Gasteiger partial charge in [-0.3, -0.25) is 0 Å². The van der Waals surface area contributed by atoms with E-state index in [2.05, 4.69) is 26.7 Å². The first-order valence-electron chi connectivity index (χ1n) is 11.8. The van der Waals surface area contributed by atoms with Crippen LogP contribution in [0.1, 0.15) is 35.4 Å². The van der Waals surface area contributed by atoms with E-state index in [1.807, 2.05) is 42.6 Å². The van der Waals surface area contributed by atoms with E-state index in [1.165, 1.54) is 12.1 Å². The number of hydrogen-bond donors (Lipinski definition) is 0. The Hall–Kier alpha value is -3.30.